The number of hydrogen-bond donors (Lipinski definition) is 3. The van der Waals surface area contributed by atoms with Crippen LogP contribution in [-0.2, 0) is 6.54 Å². The predicted molar refractivity (Wildman–Crippen MR) is 89.6 cm³/mol. The molecule has 22 heavy (non-hydrogen) atoms. The second-order valence-electron chi connectivity index (χ2n) is 5.45. The Balaban J connectivity index is 1.83. The van der Waals surface area contributed by atoms with Gasteiger partial charge in [0.25, 0.3) is 0 Å². The van der Waals surface area contributed by atoms with Crippen LogP contribution in [0.15, 0.2) is 40.8 Å². The molecule has 1 aromatic heterocycles. The maximum atomic E-state index is 9.53. The molecule has 0 saturated heterocycles. The minimum absolute atomic E-state index is 0.437. The van der Waals surface area contributed by atoms with Crippen LogP contribution in [0.1, 0.15) is 37.7 Å². The zero-order valence-corrected chi connectivity index (χ0v) is 13.4. The Hall–Kier alpha value is -1.62. The van der Waals surface area contributed by atoms with Crippen molar-refractivity contribution in [1.29, 1.82) is 0 Å². The fraction of sp³-hybridized carbons (Fsp3) is 0.444. The molecular formula is C18H26N2O2. The van der Waals surface area contributed by atoms with Crippen LogP contribution < -0.4 is 10.6 Å². The van der Waals surface area contributed by atoms with Crippen LogP contribution in [0.25, 0.3) is 11.3 Å². The van der Waals surface area contributed by atoms with Gasteiger partial charge in [0.1, 0.15) is 11.5 Å². The Bertz CT molecular complexity index is 546. The van der Waals surface area contributed by atoms with E-state index >= 15 is 0 Å². The quantitative estimate of drug-likeness (QED) is 0.623. The van der Waals surface area contributed by atoms with E-state index in [1.807, 2.05) is 36.4 Å². The zero-order chi connectivity index (χ0) is 15.8. The largest absolute Gasteiger partial charge is 0.460 e. The van der Waals surface area contributed by atoms with Gasteiger partial charge in [-0.05, 0) is 50.7 Å². The van der Waals surface area contributed by atoms with Gasteiger partial charge in [-0.25, -0.2) is 0 Å². The van der Waals surface area contributed by atoms with Crippen LogP contribution in [0, 0.1) is 0 Å². The molecule has 0 aliphatic heterocycles. The Morgan fingerprint density at radius 1 is 1.05 bits per heavy atom. The highest BCUT2D eigenvalue weighted by atomic mass is 16.3. The Morgan fingerprint density at radius 3 is 2.45 bits per heavy atom. The van der Waals surface area contributed by atoms with Crippen molar-refractivity contribution in [2.45, 2.75) is 32.9 Å². The maximum absolute atomic E-state index is 9.53. The van der Waals surface area contributed by atoms with Crippen molar-refractivity contribution in [3.63, 3.8) is 0 Å². The van der Waals surface area contributed by atoms with E-state index < -0.39 is 6.10 Å². The average molecular weight is 302 g/mol. The zero-order valence-electron chi connectivity index (χ0n) is 13.4. The van der Waals surface area contributed by atoms with Gasteiger partial charge in [0.05, 0.1) is 12.6 Å². The van der Waals surface area contributed by atoms with Crippen LogP contribution in [0.5, 0.6) is 0 Å². The molecule has 1 atom stereocenters. The first-order valence-corrected chi connectivity index (χ1v) is 7.99. The summed E-state index contributed by atoms with van der Waals surface area (Å²) in [4.78, 5) is 0. The highest BCUT2D eigenvalue weighted by molar-refractivity contribution is 5.58. The van der Waals surface area contributed by atoms with E-state index in [-0.39, 0.29) is 0 Å². The van der Waals surface area contributed by atoms with Gasteiger partial charge in [0.15, 0.2) is 0 Å². The number of benzene rings is 1. The van der Waals surface area contributed by atoms with Gasteiger partial charge in [0.2, 0.25) is 0 Å². The lowest BCUT2D eigenvalue weighted by Gasteiger charge is -2.05. The maximum Gasteiger partial charge on any atom is 0.134 e. The summed E-state index contributed by atoms with van der Waals surface area (Å²) < 4.78 is 5.86. The molecular weight excluding hydrogens is 276 g/mol. The van der Waals surface area contributed by atoms with Crippen LogP contribution in [-0.4, -0.2) is 24.7 Å². The third kappa shape index (κ3) is 4.98. The molecule has 3 N–H and O–H groups in total. The Kier molecular flexibility index (Phi) is 6.65. The summed E-state index contributed by atoms with van der Waals surface area (Å²) in [7, 11) is 0. The smallest absolute Gasteiger partial charge is 0.134 e. The number of hydrogen-bond acceptors (Lipinski definition) is 4. The first kappa shape index (κ1) is 16.7. The monoisotopic (exact) mass is 302 g/mol. The van der Waals surface area contributed by atoms with E-state index in [9.17, 15) is 5.11 Å². The lowest BCUT2D eigenvalue weighted by atomic mass is 10.1. The number of aliphatic hydroxyl groups excluding tert-OH is 1. The topological polar surface area (TPSA) is 57.4 Å². The summed E-state index contributed by atoms with van der Waals surface area (Å²) >= 11 is 0. The molecule has 4 nitrogen and oxygen atoms in total. The third-order valence-corrected chi connectivity index (χ3v) is 3.60. The van der Waals surface area contributed by atoms with Crippen molar-refractivity contribution in [2.24, 2.45) is 0 Å². The number of aliphatic hydroxyl groups is 1. The summed E-state index contributed by atoms with van der Waals surface area (Å²) in [6, 6.07) is 11.8. The Morgan fingerprint density at radius 2 is 1.77 bits per heavy atom. The van der Waals surface area contributed by atoms with Crippen LogP contribution in [0.3, 0.4) is 0 Å². The fourth-order valence-electron chi connectivity index (χ4n) is 2.28. The summed E-state index contributed by atoms with van der Waals surface area (Å²) in [6.07, 6.45) is 0.676. The molecule has 0 aliphatic carbocycles. The summed E-state index contributed by atoms with van der Waals surface area (Å²) in [6.45, 7) is 7.68. The summed E-state index contributed by atoms with van der Waals surface area (Å²) in [5.74, 6) is 1.81. The summed E-state index contributed by atoms with van der Waals surface area (Å²) in [5, 5.41) is 16.2. The van der Waals surface area contributed by atoms with E-state index in [1.54, 1.807) is 6.92 Å². The first-order chi connectivity index (χ1) is 10.7. The molecule has 1 heterocycles. The molecule has 0 saturated carbocycles. The molecule has 0 aliphatic rings. The van der Waals surface area contributed by atoms with Crippen molar-refractivity contribution in [3.05, 3.63) is 47.7 Å². The normalized spacial score (nSPS) is 12.5. The minimum Gasteiger partial charge on any atom is -0.460 e. The molecule has 0 spiro atoms. The summed E-state index contributed by atoms with van der Waals surface area (Å²) in [5.41, 5.74) is 1.95. The van der Waals surface area contributed by atoms with Crippen LogP contribution >= 0.6 is 0 Å². The fourth-order valence-corrected chi connectivity index (χ4v) is 2.28. The highest BCUT2D eigenvalue weighted by Gasteiger charge is 2.06. The molecule has 1 aromatic carbocycles. The first-order valence-electron chi connectivity index (χ1n) is 7.99. The molecule has 0 amide bonds. The van der Waals surface area contributed by atoms with E-state index in [1.165, 1.54) is 0 Å². The average Bonchev–Trinajstić information content (AvgIpc) is 3.00. The highest BCUT2D eigenvalue weighted by Crippen LogP contribution is 2.24. The molecule has 1 unspecified atom stereocenters. The van der Waals surface area contributed by atoms with Crippen molar-refractivity contribution < 1.29 is 9.52 Å². The lowest BCUT2D eigenvalue weighted by Crippen LogP contribution is -2.21. The second-order valence-corrected chi connectivity index (χ2v) is 5.45. The molecule has 0 bridgehead atoms. The van der Waals surface area contributed by atoms with Gasteiger partial charge < -0.3 is 20.2 Å². The SMILES string of the molecule is CCNCCCNCc1ccc(-c2ccc(C(C)O)cc2)o1. The third-order valence-electron chi connectivity index (χ3n) is 3.60. The van der Waals surface area contributed by atoms with Gasteiger partial charge >= 0.3 is 0 Å². The van der Waals surface area contributed by atoms with Crippen LogP contribution in [0.4, 0.5) is 0 Å². The van der Waals surface area contributed by atoms with E-state index in [4.69, 9.17) is 4.42 Å². The molecule has 0 radical (unpaired) electrons. The lowest BCUT2D eigenvalue weighted by molar-refractivity contribution is 0.199. The van der Waals surface area contributed by atoms with Gasteiger partial charge in [-0.3, -0.25) is 0 Å². The minimum atomic E-state index is -0.437. The molecule has 4 heteroatoms. The van der Waals surface area contributed by atoms with Gasteiger partial charge in [-0.2, -0.15) is 0 Å². The molecule has 2 rings (SSSR count). The van der Waals surface area contributed by atoms with E-state index in [2.05, 4.69) is 17.6 Å². The predicted octanol–water partition coefficient (Wildman–Crippen LogP) is 3.09. The van der Waals surface area contributed by atoms with Crippen molar-refractivity contribution >= 4 is 0 Å². The molecule has 0 fully saturated rings. The standard InChI is InChI=1S/C18H26N2O2/c1-3-19-11-4-12-20-13-17-9-10-18(22-17)16-7-5-15(6-8-16)14(2)21/h5-10,14,19-21H,3-4,11-13H2,1-2H3. The number of nitrogens with one attached hydrogen (secondary N) is 2. The molecule has 120 valence electrons. The van der Waals surface area contributed by atoms with Gasteiger partial charge in [0, 0.05) is 5.56 Å². The van der Waals surface area contributed by atoms with E-state index in [0.29, 0.717) is 0 Å². The number of rotatable bonds is 9. The van der Waals surface area contributed by atoms with Crippen molar-refractivity contribution in [3.8, 4) is 11.3 Å². The Labute approximate surface area is 132 Å². The van der Waals surface area contributed by atoms with E-state index in [0.717, 1.165) is 55.2 Å². The van der Waals surface area contributed by atoms with Gasteiger partial charge in [-0.15, -0.1) is 0 Å². The van der Waals surface area contributed by atoms with Crippen molar-refractivity contribution in [2.75, 3.05) is 19.6 Å². The van der Waals surface area contributed by atoms with Crippen molar-refractivity contribution in [1.82, 2.24) is 10.6 Å². The van der Waals surface area contributed by atoms with Crippen LogP contribution in [0.2, 0.25) is 0 Å². The second kappa shape index (κ2) is 8.73. The van der Waals surface area contributed by atoms with Gasteiger partial charge in [-0.1, -0.05) is 31.2 Å². The number of furan rings is 1. The molecule has 2 aromatic rings.